The maximum Gasteiger partial charge on any atom is 0.319 e. The first kappa shape index (κ1) is 21.1. The number of anilines is 1. The van der Waals surface area contributed by atoms with E-state index in [0.717, 1.165) is 11.1 Å². The van der Waals surface area contributed by atoms with Crippen LogP contribution in [0.15, 0.2) is 53.5 Å². The van der Waals surface area contributed by atoms with Gasteiger partial charge in [-0.1, -0.05) is 30.7 Å². The van der Waals surface area contributed by atoms with Gasteiger partial charge < -0.3 is 10.6 Å². The minimum Gasteiger partial charge on any atom is -0.333 e. The molecule has 1 unspecified atom stereocenters. The third-order valence-corrected chi connectivity index (χ3v) is 5.89. The lowest BCUT2D eigenvalue weighted by Gasteiger charge is -2.27. The Kier molecular flexibility index (Phi) is 5.56. The highest BCUT2D eigenvalue weighted by Gasteiger charge is 2.21. The van der Waals surface area contributed by atoms with Crippen LogP contribution in [0, 0.1) is 0 Å². The number of fused-ring (bicyclic) bond motifs is 1. The van der Waals surface area contributed by atoms with E-state index in [0.29, 0.717) is 17.1 Å². The number of carbonyl (C=O) groups excluding carboxylic acids is 1. The Morgan fingerprint density at radius 2 is 1.94 bits per heavy atom. The van der Waals surface area contributed by atoms with Crippen LogP contribution in [-0.4, -0.2) is 21.1 Å². The maximum absolute atomic E-state index is 12.8. The summed E-state index contributed by atoms with van der Waals surface area (Å²) in [5, 5.41) is 5.72. The molecule has 1 aliphatic carbocycles. The summed E-state index contributed by atoms with van der Waals surface area (Å²) in [5.41, 5.74) is 4.05. The number of hydrogen-bond donors (Lipinski definition) is 2. The van der Waals surface area contributed by atoms with E-state index in [2.05, 4.69) is 39.9 Å². The molecule has 2 amide bonds. The summed E-state index contributed by atoms with van der Waals surface area (Å²) in [6.45, 7) is 7.82. The number of rotatable bonds is 4. The normalized spacial score (nSPS) is 15.4. The molecule has 2 N–H and O–H groups in total. The first-order chi connectivity index (χ1) is 14.7. The second-order valence-corrected chi connectivity index (χ2v) is 9.47. The highest BCUT2D eigenvalue weighted by molar-refractivity contribution is 5.92. The van der Waals surface area contributed by atoms with Gasteiger partial charge in [0.05, 0.1) is 23.3 Å². The van der Waals surface area contributed by atoms with Gasteiger partial charge in [0.2, 0.25) is 0 Å². The van der Waals surface area contributed by atoms with Crippen molar-refractivity contribution in [3.63, 3.8) is 0 Å². The lowest BCUT2D eigenvalue weighted by Crippen LogP contribution is -2.43. The summed E-state index contributed by atoms with van der Waals surface area (Å²) >= 11 is 0. The van der Waals surface area contributed by atoms with Crippen molar-refractivity contribution >= 4 is 22.8 Å². The van der Waals surface area contributed by atoms with E-state index in [9.17, 15) is 9.59 Å². The topological polar surface area (TPSA) is 76.0 Å². The summed E-state index contributed by atoms with van der Waals surface area (Å²) in [7, 11) is 0. The van der Waals surface area contributed by atoms with Crippen molar-refractivity contribution in [1.82, 2.24) is 14.9 Å². The Bertz CT molecular complexity index is 1170. The van der Waals surface area contributed by atoms with Gasteiger partial charge in [0.25, 0.3) is 5.56 Å². The predicted molar refractivity (Wildman–Crippen MR) is 125 cm³/mol. The van der Waals surface area contributed by atoms with Gasteiger partial charge in [-0.15, -0.1) is 0 Å². The van der Waals surface area contributed by atoms with Gasteiger partial charge in [-0.3, -0.25) is 9.36 Å². The van der Waals surface area contributed by atoms with Gasteiger partial charge in [-0.25, -0.2) is 9.78 Å². The maximum atomic E-state index is 12.8. The van der Waals surface area contributed by atoms with Crippen molar-refractivity contribution in [3.05, 3.63) is 70.1 Å². The van der Waals surface area contributed by atoms with Crippen LogP contribution in [0.2, 0.25) is 0 Å². The molecule has 0 spiro atoms. The fourth-order valence-electron chi connectivity index (χ4n) is 4.08. The minimum absolute atomic E-state index is 0.124. The quantitative estimate of drug-likeness (QED) is 0.612. The van der Waals surface area contributed by atoms with Crippen molar-refractivity contribution in [2.45, 2.75) is 64.5 Å². The van der Waals surface area contributed by atoms with Gasteiger partial charge >= 0.3 is 6.03 Å². The van der Waals surface area contributed by atoms with Crippen molar-refractivity contribution in [3.8, 4) is 0 Å². The Hall–Kier alpha value is -3.15. The van der Waals surface area contributed by atoms with Crippen LogP contribution in [0.25, 0.3) is 11.0 Å². The lowest BCUT2D eigenvalue weighted by atomic mass is 9.79. The Balaban J connectivity index is 1.66. The molecule has 0 radical (unpaired) electrons. The second kappa shape index (κ2) is 8.17. The molecule has 0 bridgehead atoms. The molecular weight excluding hydrogens is 388 g/mol. The van der Waals surface area contributed by atoms with Gasteiger partial charge in [-0.05, 0) is 75.8 Å². The number of nitrogens with one attached hydrogen (secondary N) is 2. The van der Waals surface area contributed by atoms with Crippen molar-refractivity contribution in [2.24, 2.45) is 0 Å². The summed E-state index contributed by atoms with van der Waals surface area (Å²) < 4.78 is 1.78. The van der Waals surface area contributed by atoms with E-state index < -0.39 is 0 Å². The molecule has 1 heterocycles. The summed E-state index contributed by atoms with van der Waals surface area (Å²) in [6.07, 6.45) is 5.14. The zero-order valence-corrected chi connectivity index (χ0v) is 18.6. The van der Waals surface area contributed by atoms with Crippen LogP contribution in [-0.2, 0) is 0 Å². The van der Waals surface area contributed by atoms with E-state index in [-0.39, 0.29) is 23.2 Å². The molecule has 1 aliphatic rings. The summed E-state index contributed by atoms with van der Waals surface area (Å²) in [6, 6.07) is 13.6. The predicted octanol–water partition coefficient (Wildman–Crippen LogP) is 5.19. The molecule has 6 heteroatoms. The monoisotopic (exact) mass is 418 g/mol. The zero-order chi connectivity index (χ0) is 22.2. The van der Waals surface area contributed by atoms with Crippen LogP contribution >= 0.6 is 0 Å². The molecule has 6 nitrogen and oxygen atoms in total. The SMILES string of the molecule is CC(c1cccc(C2CCC2)c1)n1c(=O)cnc2cc(NC(=O)NC(C)(C)C)ccc21. The van der Waals surface area contributed by atoms with E-state index in [1.807, 2.05) is 33.8 Å². The molecule has 3 aromatic rings. The third kappa shape index (κ3) is 4.63. The van der Waals surface area contributed by atoms with E-state index in [1.54, 1.807) is 16.7 Å². The number of amides is 2. The Labute approximate surface area is 182 Å². The van der Waals surface area contributed by atoms with E-state index in [1.165, 1.54) is 31.0 Å². The van der Waals surface area contributed by atoms with Gasteiger partial charge in [0.1, 0.15) is 0 Å². The van der Waals surface area contributed by atoms with E-state index >= 15 is 0 Å². The third-order valence-electron chi connectivity index (χ3n) is 5.89. The molecule has 162 valence electrons. The van der Waals surface area contributed by atoms with Crippen LogP contribution < -0.4 is 16.2 Å². The number of urea groups is 1. The second-order valence-electron chi connectivity index (χ2n) is 9.47. The minimum atomic E-state index is -0.330. The molecule has 1 atom stereocenters. The van der Waals surface area contributed by atoms with E-state index in [4.69, 9.17) is 0 Å². The highest BCUT2D eigenvalue weighted by Crippen LogP contribution is 2.37. The standard InChI is InChI=1S/C25H30N4O2/c1-16(18-9-6-10-19(13-18)17-7-5-8-17)29-22-12-11-20(14-21(22)26-15-23(29)30)27-24(31)28-25(2,3)4/h6,9-17H,5,7-8H2,1-4H3,(H2,27,28,31). The highest BCUT2D eigenvalue weighted by atomic mass is 16.2. The van der Waals surface area contributed by atoms with Gasteiger partial charge in [0, 0.05) is 11.2 Å². The number of aromatic nitrogens is 2. The lowest BCUT2D eigenvalue weighted by molar-refractivity contribution is 0.244. The van der Waals surface area contributed by atoms with Crippen molar-refractivity contribution in [1.29, 1.82) is 0 Å². The van der Waals surface area contributed by atoms with Crippen molar-refractivity contribution in [2.75, 3.05) is 5.32 Å². The molecule has 0 saturated heterocycles. The van der Waals surface area contributed by atoms with Crippen molar-refractivity contribution < 1.29 is 4.79 Å². The largest absolute Gasteiger partial charge is 0.333 e. The zero-order valence-electron chi connectivity index (χ0n) is 18.6. The molecule has 1 aromatic heterocycles. The molecule has 1 fully saturated rings. The number of nitrogens with zero attached hydrogens (tertiary/aromatic N) is 2. The Morgan fingerprint density at radius 3 is 2.61 bits per heavy atom. The molecule has 2 aromatic carbocycles. The number of hydrogen-bond acceptors (Lipinski definition) is 3. The van der Waals surface area contributed by atoms with Crippen LogP contribution in [0.1, 0.15) is 70.0 Å². The number of benzene rings is 2. The molecule has 0 aliphatic heterocycles. The fourth-order valence-corrected chi connectivity index (χ4v) is 4.08. The molecule has 4 rings (SSSR count). The number of carbonyl (C=O) groups is 1. The van der Waals surface area contributed by atoms with Crippen LogP contribution in [0.3, 0.4) is 0 Å². The summed E-state index contributed by atoms with van der Waals surface area (Å²) in [4.78, 5) is 29.3. The Morgan fingerprint density at radius 1 is 1.16 bits per heavy atom. The van der Waals surface area contributed by atoms with Crippen LogP contribution in [0.5, 0.6) is 0 Å². The van der Waals surface area contributed by atoms with Gasteiger partial charge in [0.15, 0.2) is 0 Å². The molecule has 1 saturated carbocycles. The average molecular weight is 419 g/mol. The molecular formula is C25H30N4O2. The average Bonchev–Trinajstić information content (AvgIpc) is 2.65. The fraction of sp³-hybridized carbons (Fsp3) is 0.400. The smallest absolute Gasteiger partial charge is 0.319 e. The van der Waals surface area contributed by atoms with Crippen LogP contribution in [0.4, 0.5) is 10.5 Å². The molecule has 31 heavy (non-hydrogen) atoms. The first-order valence-corrected chi connectivity index (χ1v) is 10.9. The first-order valence-electron chi connectivity index (χ1n) is 10.9. The van der Waals surface area contributed by atoms with Gasteiger partial charge in [-0.2, -0.15) is 0 Å². The summed E-state index contributed by atoms with van der Waals surface area (Å²) in [5.74, 6) is 0.644.